The zero-order valence-corrected chi connectivity index (χ0v) is 15.3. The number of likely N-dealkylation sites (tertiary alicyclic amines) is 2. The number of piperidine rings is 2. The van der Waals surface area contributed by atoms with Crippen molar-refractivity contribution in [1.82, 2.24) is 9.80 Å². The van der Waals surface area contributed by atoms with E-state index < -0.39 is 0 Å². The van der Waals surface area contributed by atoms with Crippen LogP contribution in [-0.4, -0.2) is 47.9 Å². The standard InChI is InChI=1S/C18H27N3O2S/c1-13-9-14(2)11-21(10-13)17(22)15-5-3-7-20(12-15)18(23)19-16-6-4-8-24-16/h4,6,8,13-15H,3,5,7,9-12H2,1-2H3,(H,19,23). The van der Waals surface area contributed by atoms with Crippen LogP contribution >= 0.6 is 11.3 Å². The lowest BCUT2D eigenvalue weighted by Crippen LogP contribution is -2.50. The molecule has 0 aromatic carbocycles. The van der Waals surface area contributed by atoms with Crippen LogP contribution in [0.3, 0.4) is 0 Å². The van der Waals surface area contributed by atoms with Gasteiger partial charge in [0.05, 0.1) is 10.9 Å². The maximum atomic E-state index is 12.9. The molecule has 1 aromatic rings. The molecular weight excluding hydrogens is 322 g/mol. The van der Waals surface area contributed by atoms with E-state index in [-0.39, 0.29) is 17.9 Å². The number of hydrogen-bond acceptors (Lipinski definition) is 3. The number of rotatable bonds is 2. The molecule has 24 heavy (non-hydrogen) atoms. The zero-order valence-electron chi connectivity index (χ0n) is 14.5. The highest BCUT2D eigenvalue weighted by molar-refractivity contribution is 7.14. The molecule has 2 fully saturated rings. The lowest BCUT2D eigenvalue weighted by atomic mass is 9.89. The Bertz CT molecular complexity index is 565. The van der Waals surface area contributed by atoms with Crippen LogP contribution in [-0.2, 0) is 4.79 Å². The predicted octanol–water partition coefficient (Wildman–Crippen LogP) is 3.50. The van der Waals surface area contributed by atoms with Gasteiger partial charge < -0.3 is 9.80 Å². The van der Waals surface area contributed by atoms with Crippen LogP contribution in [0, 0.1) is 17.8 Å². The third-order valence-corrected chi connectivity index (χ3v) is 5.77. The summed E-state index contributed by atoms with van der Waals surface area (Å²) >= 11 is 1.51. The smallest absolute Gasteiger partial charge is 0.322 e. The molecule has 6 heteroatoms. The largest absolute Gasteiger partial charge is 0.342 e. The summed E-state index contributed by atoms with van der Waals surface area (Å²) in [4.78, 5) is 29.1. The van der Waals surface area contributed by atoms with Crippen molar-refractivity contribution < 1.29 is 9.59 Å². The number of hydrogen-bond donors (Lipinski definition) is 1. The average Bonchev–Trinajstić information content (AvgIpc) is 3.06. The second-order valence-electron chi connectivity index (χ2n) is 7.38. The lowest BCUT2D eigenvalue weighted by Gasteiger charge is -2.39. The topological polar surface area (TPSA) is 52.7 Å². The third kappa shape index (κ3) is 4.09. The molecule has 3 unspecified atom stereocenters. The maximum absolute atomic E-state index is 12.9. The quantitative estimate of drug-likeness (QED) is 0.888. The second-order valence-corrected chi connectivity index (χ2v) is 8.33. The first kappa shape index (κ1) is 17.3. The van der Waals surface area contributed by atoms with Crippen LogP contribution in [0.2, 0.25) is 0 Å². The van der Waals surface area contributed by atoms with Gasteiger partial charge in [0, 0.05) is 26.2 Å². The molecule has 3 heterocycles. The number of carbonyl (C=O) groups excluding carboxylic acids is 2. The van der Waals surface area contributed by atoms with Gasteiger partial charge in [0.2, 0.25) is 5.91 Å². The number of carbonyl (C=O) groups is 2. The SMILES string of the molecule is CC1CC(C)CN(C(=O)C2CCCN(C(=O)Nc3cccs3)C2)C1. The molecule has 5 nitrogen and oxygen atoms in total. The Kier molecular flexibility index (Phi) is 5.43. The summed E-state index contributed by atoms with van der Waals surface area (Å²) in [7, 11) is 0. The molecule has 2 aliphatic rings. The summed E-state index contributed by atoms with van der Waals surface area (Å²) in [5, 5.41) is 5.72. The van der Waals surface area contributed by atoms with Gasteiger partial charge in [-0.05, 0) is 48.6 Å². The van der Waals surface area contributed by atoms with E-state index in [1.165, 1.54) is 17.8 Å². The molecule has 1 aromatic heterocycles. The van der Waals surface area contributed by atoms with Crippen molar-refractivity contribution in [3.05, 3.63) is 17.5 Å². The summed E-state index contributed by atoms with van der Waals surface area (Å²) in [6, 6.07) is 3.73. The van der Waals surface area contributed by atoms with Gasteiger partial charge >= 0.3 is 6.03 Å². The van der Waals surface area contributed by atoms with Crippen molar-refractivity contribution in [1.29, 1.82) is 0 Å². The van der Waals surface area contributed by atoms with Crippen molar-refractivity contribution in [2.45, 2.75) is 33.1 Å². The van der Waals surface area contributed by atoms with Gasteiger partial charge in [0.15, 0.2) is 0 Å². The maximum Gasteiger partial charge on any atom is 0.322 e. The number of thiophene rings is 1. The van der Waals surface area contributed by atoms with Gasteiger partial charge in [0.1, 0.15) is 0 Å². The van der Waals surface area contributed by atoms with Crippen LogP contribution in [0.1, 0.15) is 33.1 Å². The first-order chi connectivity index (χ1) is 11.5. The van der Waals surface area contributed by atoms with E-state index in [4.69, 9.17) is 0 Å². The van der Waals surface area contributed by atoms with Crippen molar-refractivity contribution in [3.63, 3.8) is 0 Å². The zero-order chi connectivity index (χ0) is 17.1. The molecule has 0 bridgehead atoms. The van der Waals surface area contributed by atoms with Crippen molar-refractivity contribution in [2.75, 3.05) is 31.5 Å². The average molecular weight is 350 g/mol. The fourth-order valence-corrected chi connectivity index (χ4v) is 4.61. The highest BCUT2D eigenvalue weighted by atomic mass is 32.1. The van der Waals surface area contributed by atoms with E-state index in [1.54, 1.807) is 4.90 Å². The Morgan fingerprint density at radius 1 is 1.17 bits per heavy atom. The number of anilines is 1. The van der Waals surface area contributed by atoms with Crippen LogP contribution in [0.25, 0.3) is 0 Å². The predicted molar refractivity (Wildman–Crippen MR) is 97.2 cm³/mol. The summed E-state index contributed by atoms with van der Waals surface area (Å²) in [6.07, 6.45) is 2.98. The summed E-state index contributed by atoms with van der Waals surface area (Å²) in [5.41, 5.74) is 0. The third-order valence-electron chi connectivity index (χ3n) is 4.99. The van der Waals surface area contributed by atoms with Crippen molar-refractivity contribution in [2.24, 2.45) is 17.8 Å². The molecule has 0 saturated carbocycles. The van der Waals surface area contributed by atoms with Gasteiger partial charge in [-0.2, -0.15) is 0 Å². The number of urea groups is 1. The van der Waals surface area contributed by atoms with E-state index >= 15 is 0 Å². The molecular formula is C18H27N3O2S. The first-order valence-corrected chi connectivity index (χ1v) is 9.79. The molecule has 3 atom stereocenters. The van der Waals surface area contributed by atoms with Crippen LogP contribution in [0.15, 0.2) is 17.5 Å². The number of amides is 3. The Labute approximate surface area is 148 Å². The van der Waals surface area contributed by atoms with Gasteiger partial charge in [-0.15, -0.1) is 11.3 Å². The summed E-state index contributed by atoms with van der Waals surface area (Å²) in [6.45, 7) is 7.43. The van der Waals surface area contributed by atoms with Crippen molar-refractivity contribution in [3.8, 4) is 0 Å². The molecule has 3 rings (SSSR count). The molecule has 3 amide bonds. The highest BCUT2D eigenvalue weighted by Gasteiger charge is 2.34. The minimum Gasteiger partial charge on any atom is -0.342 e. The highest BCUT2D eigenvalue weighted by Crippen LogP contribution is 2.26. The van der Waals surface area contributed by atoms with E-state index in [0.29, 0.717) is 18.4 Å². The molecule has 2 aliphatic heterocycles. The Balaban J connectivity index is 1.58. The van der Waals surface area contributed by atoms with Gasteiger partial charge in [-0.1, -0.05) is 13.8 Å². The van der Waals surface area contributed by atoms with Crippen LogP contribution in [0.4, 0.5) is 9.80 Å². The van der Waals surface area contributed by atoms with E-state index in [2.05, 4.69) is 19.2 Å². The Hall–Kier alpha value is -1.56. The monoisotopic (exact) mass is 349 g/mol. The molecule has 0 radical (unpaired) electrons. The fraction of sp³-hybridized carbons (Fsp3) is 0.667. The summed E-state index contributed by atoms with van der Waals surface area (Å²) < 4.78 is 0. The van der Waals surface area contributed by atoms with E-state index in [9.17, 15) is 9.59 Å². The molecule has 1 N–H and O–H groups in total. The lowest BCUT2D eigenvalue weighted by molar-refractivity contribution is -0.139. The molecule has 0 aliphatic carbocycles. The number of nitrogens with one attached hydrogen (secondary N) is 1. The normalized spacial score (nSPS) is 27.8. The summed E-state index contributed by atoms with van der Waals surface area (Å²) in [5.74, 6) is 1.33. The molecule has 2 saturated heterocycles. The van der Waals surface area contributed by atoms with Gasteiger partial charge in [0.25, 0.3) is 0 Å². The van der Waals surface area contributed by atoms with E-state index in [0.717, 1.165) is 37.5 Å². The molecule has 0 spiro atoms. The van der Waals surface area contributed by atoms with Gasteiger partial charge in [-0.25, -0.2) is 4.79 Å². The minimum absolute atomic E-state index is 0.0506. The fourth-order valence-electron chi connectivity index (χ4n) is 4.00. The van der Waals surface area contributed by atoms with E-state index in [1.807, 2.05) is 22.4 Å². The van der Waals surface area contributed by atoms with Crippen molar-refractivity contribution >= 4 is 28.3 Å². The Morgan fingerprint density at radius 3 is 2.58 bits per heavy atom. The second kappa shape index (κ2) is 7.55. The first-order valence-electron chi connectivity index (χ1n) is 8.91. The van der Waals surface area contributed by atoms with Gasteiger partial charge in [-0.3, -0.25) is 10.1 Å². The minimum atomic E-state index is -0.0877. The van der Waals surface area contributed by atoms with Crippen LogP contribution in [0.5, 0.6) is 0 Å². The number of nitrogens with zero attached hydrogens (tertiary/aromatic N) is 2. The Morgan fingerprint density at radius 2 is 1.92 bits per heavy atom. The van der Waals surface area contributed by atoms with Crippen LogP contribution < -0.4 is 5.32 Å². The molecule has 132 valence electrons.